The molecule has 0 unspecified atom stereocenters. The maximum Gasteiger partial charge on any atom is 0.0426 e. The molecule has 0 amide bonds. The van der Waals surface area contributed by atoms with E-state index in [1.807, 2.05) is 12.4 Å². The third-order valence-corrected chi connectivity index (χ3v) is 2.55. The Labute approximate surface area is 98.7 Å². The minimum atomic E-state index is 0.658. The summed E-state index contributed by atoms with van der Waals surface area (Å²) in [6.07, 6.45) is 4.82. The van der Waals surface area contributed by atoms with Crippen LogP contribution in [0, 0.1) is 12.8 Å². The van der Waals surface area contributed by atoms with E-state index >= 15 is 0 Å². The molecule has 3 nitrogen and oxygen atoms in total. The molecule has 0 aliphatic rings. The van der Waals surface area contributed by atoms with Crippen LogP contribution in [0.2, 0.25) is 0 Å². The molecule has 0 aromatic carbocycles. The number of pyridine rings is 1. The van der Waals surface area contributed by atoms with Gasteiger partial charge in [0.25, 0.3) is 0 Å². The van der Waals surface area contributed by atoms with Crippen LogP contribution in [-0.4, -0.2) is 24.6 Å². The van der Waals surface area contributed by atoms with Gasteiger partial charge >= 0.3 is 0 Å². The highest BCUT2D eigenvalue weighted by Gasteiger charge is 2.10. The fourth-order valence-electron chi connectivity index (χ4n) is 1.85. The van der Waals surface area contributed by atoms with Crippen molar-refractivity contribution in [2.24, 2.45) is 11.7 Å². The average molecular weight is 221 g/mol. The van der Waals surface area contributed by atoms with Crippen LogP contribution in [0.1, 0.15) is 25.8 Å². The van der Waals surface area contributed by atoms with E-state index < -0.39 is 0 Å². The Morgan fingerprint density at radius 3 is 2.75 bits per heavy atom. The summed E-state index contributed by atoms with van der Waals surface area (Å²) < 4.78 is 0. The van der Waals surface area contributed by atoms with Gasteiger partial charge in [0, 0.05) is 31.2 Å². The van der Waals surface area contributed by atoms with E-state index in [1.165, 1.54) is 11.3 Å². The van der Waals surface area contributed by atoms with Gasteiger partial charge in [-0.25, -0.2) is 0 Å². The van der Waals surface area contributed by atoms with Crippen molar-refractivity contribution in [3.8, 4) is 0 Å². The lowest BCUT2D eigenvalue weighted by atomic mass is 10.1. The second kappa shape index (κ2) is 6.48. The summed E-state index contributed by atoms with van der Waals surface area (Å²) in [4.78, 5) is 6.55. The fraction of sp³-hybridized carbons (Fsp3) is 0.615. The lowest BCUT2D eigenvalue weighted by Gasteiger charge is -2.27. The first-order valence-corrected chi connectivity index (χ1v) is 6.00. The average Bonchev–Trinajstić information content (AvgIpc) is 2.24. The number of hydrogen-bond donors (Lipinski definition) is 1. The first-order chi connectivity index (χ1) is 7.65. The van der Waals surface area contributed by atoms with Crippen LogP contribution < -0.4 is 10.6 Å². The van der Waals surface area contributed by atoms with Gasteiger partial charge in [0.05, 0.1) is 0 Å². The standard InChI is InChI=1S/C13H23N3/c1-11(2)10-16(8-4-6-14)13-5-7-15-9-12(13)3/h5,7,9,11H,4,6,8,10,14H2,1-3H3. The molecule has 16 heavy (non-hydrogen) atoms. The molecular weight excluding hydrogens is 198 g/mol. The summed E-state index contributed by atoms with van der Waals surface area (Å²) in [5.74, 6) is 0.658. The predicted molar refractivity (Wildman–Crippen MR) is 69.7 cm³/mol. The summed E-state index contributed by atoms with van der Waals surface area (Å²) in [5, 5.41) is 0. The van der Waals surface area contributed by atoms with Crippen molar-refractivity contribution in [1.29, 1.82) is 0 Å². The zero-order chi connectivity index (χ0) is 12.0. The molecular formula is C13H23N3. The summed E-state index contributed by atoms with van der Waals surface area (Å²) in [6, 6.07) is 2.09. The van der Waals surface area contributed by atoms with E-state index in [4.69, 9.17) is 5.73 Å². The maximum absolute atomic E-state index is 5.58. The Balaban J connectivity index is 2.78. The van der Waals surface area contributed by atoms with Crippen LogP contribution in [0.4, 0.5) is 5.69 Å². The van der Waals surface area contributed by atoms with E-state index in [1.54, 1.807) is 0 Å². The molecule has 0 aliphatic heterocycles. The van der Waals surface area contributed by atoms with Crippen LogP contribution in [0.3, 0.4) is 0 Å². The second-order valence-corrected chi connectivity index (χ2v) is 4.64. The number of aryl methyl sites for hydroxylation is 1. The molecule has 1 rings (SSSR count). The Bertz CT molecular complexity index is 310. The van der Waals surface area contributed by atoms with Gasteiger partial charge in [-0.3, -0.25) is 4.98 Å². The molecule has 1 heterocycles. The Kier molecular flexibility index (Phi) is 5.26. The molecule has 90 valence electrons. The van der Waals surface area contributed by atoms with Crippen molar-refractivity contribution >= 4 is 5.69 Å². The molecule has 0 atom stereocenters. The highest BCUT2D eigenvalue weighted by atomic mass is 15.1. The lowest BCUT2D eigenvalue weighted by Crippen LogP contribution is -2.30. The molecule has 0 bridgehead atoms. The third-order valence-electron chi connectivity index (χ3n) is 2.55. The quantitative estimate of drug-likeness (QED) is 0.800. The number of anilines is 1. The van der Waals surface area contributed by atoms with E-state index in [-0.39, 0.29) is 0 Å². The highest BCUT2D eigenvalue weighted by Crippen LogP contribution is 2.19. The number of hydrogen-bond acceptors (Lipinski definition) is 3. The largest absolute Gasteiger partial charge is 0.371 e. The van der Waals surface area contributed by atoms with Crippen LogP contribution >= 0.6 is 0 Å². The van der Waals surface area contributed by atoms with Gasteiger partial charge in [0.1, 0.15) is 0 Å². The zero-order valence-electron chi connectivity index (χ0n) is 10.6. The van der Waals surface area contributed by atoms with Gasteiger partial charge in [0.15, 0.2) is 0 Å². The van der Waals surface area contributed by atoms with Gasteiger partial charge in [-0.05, 0) is 37.4 Å². The Morgan fingerprint density at radius 2 is 2.19 bits per heavy atom. The van der Waals surface area contributed by atoms with Crippen LogP contribution in [0.15, 0.2) is 18.5 Å². The molecule has 1 aromatic rings. The molecule has 1 aromatic heterocycles. The van der Waals surface area contributed by atoms with Crippen molar-refractivity contribution in [3.05, 3.63) is 24.0 Å². The molecule has 0 aliphatic carbocycles. The number of nitrogens with two attached hydrogens (primary N) is 1. The summed E-state index contributed by atoms with van der Waals surface area (Å²) in [6.45, 7) is 9.44. The molecule has 2 N–H and O–H groups in total. The Hall–Kier alpha value is -1.09. The summed E-state index contributed by atoms with van der Waals surface area (Å²) >= 11 is 0. The monoisotopic (exact) mass is 221 g/mol. The van der Waals surface area contributed by atoms with Crippen LogP contribution in [0.25, 0.3) is 0 Å². The summed E-state index contributed by atoms with van der Waals surface area (Å²) in [5.41, 5.74) is 8.11. The van der Waals surface area contributed by atoms with Gasteiger partial charge in [-0.15, -0.1) is 0 Å². The molecule has 0 spiro atoms. The first kappa shape index (κ1) is 13.0. The van der Waals surface area contributed by atoms with Crippen molar-refractivity contribution in [2.75, 3.05) is 24.5 Å². The molecule has 3 heteroatoms. The number of rotatable bonds is 6. The van der Waals surface area contributed by atoms with Crippen LogP contribution in [0.5, 0.6) is 0 Å². The number of aromatic nitrogens is 1. The van der Waals surface area contributed by atoms with E-state index in [0.29, 0.717) is 5.92 Å². The molecule has 0 saturated heterocycles. The molecule has 0 radical (unpaired) electrons. The van der Waals surface area contributed by atoms with Crippen molar-refractivity contribution in [1.82, 2.24) is 4.98 Å². The fourth-order valence-corrected chi connectivity index (χ4v) is 1.85. The van der Waals surface area contributed by atoms with E-state index in [2.05, 4.69) is 36.7 Å². The smallest absolute Gasteiger partial charge is 0.0426 e. The van der Waals surface area contributed by atoms with Gasteiger partial charge in [0.2, 0.25) is 0 Å². The Morgan fingerprint density at radius 1 is 1.44 bits per heavy atom. The molecule has 0 saturated carbocycles. The highest BCUT2D eigenvalue weighted by molar-refractivity contribution is 5.51. The second-order valence-electron chi connectivity index (χ2n) is 4.64. The van der Waals surface area contributed by atoms with Gasteiger partial charge in [-0.2, -0.15) is 0 Å². The third kappa shape index (κ3) is 3.81. The summed E-state index contributed by atoms with van der Waals surface area (Å²) in [7, 11) is 0. The SMILES string of the molecule is Cc1cnccc1N(CCCN)CC(C)C. The van der Waals surface area contributed by atoms with Gasteiger partial charge in [-0.1, -0.05) is 13.8 Å². The van der Waals surface area contributed by atoms with Crippen molar-refractivity contribution < 1.29 is 0 Å². The maximum atomic E-state index is 5.58. The number of nitrogens with zero attached hydrogens (tertiary/aromatic N) is 2. The van der Waals surface area contributed by atoms with E-state index in [0.717, 1.165) is 26.1 Å². The van der Waals surface area contributed by atoms with E-state index in [9.17, 15) is 0 Å². The van der Waals surface area contributed by atoms with Crippen LogP contribution in [-0.2, 0) is 0 Å². The van der Waals surface area contributed by atoms with Gasteiger partial charge < -0.3 is 10.6 Å². The molecule has 0 fully saturated rings. The predicted octanol–water partition coefficient (Wildman–Crippen LogP) is 2.20. The van der Waals surface area contributed by atoms with Crippen molar-refractivity contribution in [3.63, 3.8) is 0 Å². The zero-order valence-corrected chi connectivity index (χ0v) is 10.6. The normalized spacial score (nSPS) is 10.8. The first-order valence-electron chi connectivity index (χ1n) is 6.00. The minimum absolute atomic E-state index is 0.658. The topological polar surface area (TPSA) is 42.2 Å². The minimum Gasteiger partial charge on any atom is -0.371 e. The van der Waals surface area contributed by atoms with Crippen molar-refractivity contribution in [2.45, 2.75) is 27.2 Å². The lowest BCUT2D eigenvalue weighted by molar-refractivity contribution is 0.600.